The van der Waals surface area contributed by atoms with Gasteiger partial charge in [0, 0.05) is 0 Å². The Morgan fingerprint density at radius 1 is 1.28 bits per heavy atom. The summed E-state index contributed by atoms with van der Waals surface area (Å²) in [6, 6.07) is 5.80. The van der Waals surface area contributed by atoms with E-state index in [9.17, 15) is 20.1 Å². The van der Waals surface area contributed by atoms with E-state index in [1.54, 1.807) is 0 Å². The van der Waals surface area contributed by atoms with Crippen molar-refractivity contribution in [3.63, 3.8) is 0 Å². The molecule has 0 aliphatic heterocycles. The quantitative estimate of drug-likeness (QED) is 0.390. The van der Waals surface area contributed by atoms with E-state index in [1.807, 2.05) is 12.1 Å². The molecule has 1 fully saturated rings. The Morgan fingerprint density at radius 3 is 2.79 bits per heavy atom. The molecule has 156 valence electrons. The summed E-state index contributed by atoms with van der Waals surface area (Å²) in [6.45, 7) is 1.73. The maximum atomic E-state index is 10.7. The number of benzene rings is 1. The number of unbranched alkanes of at least 4 members (excludes halogenated alkanes) is 2. The van der Waals surface area contributed by atoms with Crippen LogP contribution in [0.25, 0.3) is 0 Å². The first-order valence-corrected chi connectivity index (χ1v) is 10.8. The van der Waals surface area contributed by atoms with Gasteiger partial charge in [0.25, 0.3) is 0 Å². The average molecular weight is 413 g/mol. The van der Waals surface area contributed by atoms with Crippen LogP contribution in [0.15, 0.2) is 18.2 Å². The normalized spacial score (nSPS) is 26.2. The molecule has 0 saturated heterocycles. The van der Waals surface area contributed by atoms with Gasteiger partial charge in [0.1, 0.15) is 12.4 Å². The molecule has 4 unspecified atom stereocenters. The zero-order valence-corrected chi connectivity index (χ0v) is 19.8. The summed E-state index contributed by atoms with van der Waals surface area (Å²) in [7, 11) is 0. The second-order valence-electron chi connectivity index (χ2n) is 8.58. The smallest absolute Gasteiger partial charge is 0.546 e. The molecule has 1 aromatic rings. The standard InChI is InChI=1S/C23H34O5.Na/c1-2-3-4-7-17(24)9-10-18-19-11-15-6-5-8-22(28-14-23(26)27)20(15)12-16(19)13-21(18)25;/h5-6,8,16-19,21,24-25H,2-4,7,9-14H2,1H3,(H,26,27);/q;+1/p-1/t16?,17-,18?,19?,21?;/m0./s1. The van der Waals surface area contributed by atoms with Crippen molar-refractivity contribution < 1.29 is 54.4 Å². The predicted octanol–water partition coefficient (Wildman–Crippen LogP) is -0.747. The van der Waals surface area contributed by atoms with Crippen molar-refractivity contribution in [3.05, 3.63) is 29.3 Å². The second kappa shape index (κ2) is 11.7. The summed E-state index contributed by atoms with van der Waals surface area (Å²) in [5.41, 5.74) is 2.28. The van der Waals surface area contributed by atoms with Gasteiger partial charge in [0.2, 0.25) is 0 Å². The fourth-order valence-corrected chi connectivity index (χ4v) is 5.24. The number of carbonyl (C=O) groups is 1. The number of aliphatic hydroxyl groups excluding tert-OH is 2. The molecule has 1 saturated carbocycles. The van der Waals surface area contributed by atoms with Crippen molar-refractivity contribution in [2.45, 2.75) is 76.9 Å². The van der Waals surface area contributed by atoms with Crippen molar-refractivity contribution >= 4 is 5.97 Å². The monoisotopic (exact) mass is 412 g/mol. The number of carboxylic acids is 1. The fourth-order valence-electron chi connectivity index (χ4n) is 5.24. The first-order chi connectivity index (χ1) is 13.5. The van der Waals surface area contributed by atoms with Gasteiger partial charge in [-0.3, -0.25) is 0 Å². The van der Waals surface area contributed by atoms with E-state index in [0.29, 0.717) is 17.6 Å². The minimum Gasteiger partial charge on any atom is -0.546 e. The minimum atomic E-state index is -1.22. The first kappa shape index (κ1) is 24.7. The first-order valence-electron chi connectivity index (χ1n) is 10.8. The Labute approximate surface area is 196 Å². The van der Waals surface area contributed by atoms with Crippen molar-refractivity contribution in [2.75, 3.05) is 6.61 Å². The number of rotatable bonds is 10. The predicted molar refractivity (Wildman–Crippen MR) is 105 cm³/mol. The van der Waals surface area contributed by atoms with E-state index >= 15 is 0 Å². The number of aliphatic carboxylic acids is 1. The molecule has 0 aromatic heterocycles. The molecule has 29 heavy (non-hydrogen) atoms. The van der Waals surface area contributed by atoms with Crippen LogP contribution in [0.3, 0.4) is 0 Å². The molecule has 6 heteroatoms. The fraction of sp³-hybridized carbons (Fsp3) is 0.696. The van der Waals surface area contributed by atoms with Gasteiger partial charge < -0.3 is 24.9 Å². The van der Waals surface area contributed by atoms with Gasteiger partial charge in [-0.25, -0.2) is 0 Å². The van der Waals surface area contributed by atoms with E-state index in [0.717, 1.165) is 63.4 Å². The third-order valence-corrected chi connectivity index (χ3v) is 6.67. The number of hydrogen-bond donors (Lipinski definition) is 2. The number of aliphatic hydroxyl groups is 2. The van der Waals surface area contributed by atoms with Crippen LogP contribution in [0.1, 0.15) is 63.0 Å². The maximum absolute atomic E-state index is 10.7. The Hall–Kier alpha value is -0.590. The molecule has 0 amide bonds. The number of carboxylic acid groups (broad SMARTS) is 1. The third-order valence-electron chi connectivity index (χ3n) is 6.67. The van der Waals surface area contributed by atoms with Crippen LogP contribution in [-0.4, -0.2) is 35.0 Å². The van der Waals surface area contributed by atoms with Crippen molar-refractivity contribution in [1.82, 2.24) is 0 Å². The number of ether oxygens (including phenoxy) is 1. The Morgan fingerprint density at radius 2 is 2.07 bits per heavy atom. The van der Waals surface area contributed by atoms with Gasteiger partial charge in [0.05, 0.1) is 18.2 Å². The van der Waals surface area contributed by atoms with E-state index in [1.165, 1.54) is 5.56 Å². The summed E-state index contributed by atoms with van der Waals surface area (Å²) in [5, 5.41) is 31.7. The van der Waals surface area contributed by atoms with Crippen LogP contribution in [0, 0.1) is 17.8 Å². The van der Waals surface area contributed by atoms with Crippen LogP contribution in [0.5, 0.6) is 5.75 Å². The molecule has 1 aromatic carbocycles. The van der Waals surface area contributed by atoms with Gasteiger partial charge >= 0.3 is 29.6 Å². The molecule has 5 nitrogen and oxygen atoms in total. The zero-order valence-electron chi connectivity index (χ0n) is 17.8. The van der Waals surface area contributed by atoms with Gasteiger partial charge in [-0.05, 0) is 73.5 Å². The maximum Gasteiger partial charge on any atom is 1.00 e. The molecular weight excluding hydrogens is 379 g/mol. The number of hydrogen-bond acceptors (Lipinski definition) is 5. The molecular formula is C23H33NaO5. The molecule has 2 N–H and O–H groups in total. The van der Waals surface area contributed by atoms with Gasteiger partial charge in [-0.15, -0.1) is 0 Å². The number of fused-ring (bicyclic) bond motifs is 2. The Balaban J connectivity index is 0.00000300. The molecule has 3 rings (SSSR count). The summed E-state index contributed by atoms with van der Waals surface area (Å²) in [5.74, 6) is 0.440. The van der Waals surface area contributed by atoms with E-state index in [2.05, 4.69) is 13.0 Å². The largest absolute Gasteiger partial charge is 1.00 e. The Bertz CT molecular complexity index is 665. The van der Waals surface area contributed by atoms with Gasteiger partial charge in [0.15, 0.2) is 0 Å². The second-order valence-corrected chi connectivity index (χ2v) is 8.58. The third kappa shape index (κ3) is 6.44. The van der Waals surface area contributed by atoms with Crippen LogP contribution in [-0.2, 0) is 17.6 Å². The average Bonchev–Trinajstić information content (AvgIpc) is 2.97. The van der Waals surface area contributed by atoms with E-state index in [4.69, 9.17) is 4.74 Å². The molecule has 0 radical (unpaired) electrons. The zero-order chi connectivity index (χ0) is 20.1. The van der Waals surface area contributed by atoms with Crippen molar-refractivity contribution in [2.24, 2.45) is 17.8 Å². The van der Waals surface area contributed by atoms with Crippen LogP contribution in [0.2, 0.25) is 0 Å². The molecule has 0 heterocycles. The SMILES string of the molecule is CCCCC[C@H](O)CCC1C(O)CC2Cc3c(cccc3OCC(=O)[O-])CC21.[Na+]. The molecule has 2 aliphatic carbocycles. The van der Waals surface area contributed by atoms with Crippen molar-refractivity contribution in [1.29, 1.82) is 0 Å². The van der Waals surface area contributed by atoms with Crippen molar-refractivity contribution in [3.8, 4) is 5.75 Å². The minimum absolute atomic E-state index is 0. The summed E-state index contributed by atoms with van der Waals surface area (Å²) >= 11 is 0. The molecule has 5 atom stereocenters. The Kier molecular flexibility index (Phi) is 9.96. The summed E-state index contributed by atoms with van der Waals surface area (Å²) < 4.78 is 5.44. The number of carbonyl (C=O) groups excluding carboxylic acids is 1. The topological polar surface area (TPSA) is 89.8 Å². The molecule has 2 aliphatic rings. The van der Waals surface area contributed by atoms with Crippen LogP contribution >= 0.6 is 0 Å². The van der Waals surface area contributed by atoms with Crippen LogP contribution in [0.4, 0.5) is 0 Å². The molecule has 0 bridgehead atoms. The summed E-state index contributed by atoms with van der Waals surface area (Å²) in [4.78, 5) is 10.7. The summed E-state index contributed by atoms with van der Waals surface area (Å²) in [6.07, 6.45) is 7.76. The van der Waals surface area contributed by atoms with Crippen LogP contribution < -0.4 is 39.4 Å². The van der Waals surface area contributed by atoms with Gasteiger partial charge in [-0.2, -0.15) is 0 Å². The van der Waals surface area contributed by atoms with E-state index < -0.39 is 12.6 Å². The van der Waals surface area contributed by atoms with Gasteiger partial charge in [-0.1, -0.05) is 38.3 Å². The molecule has 0 spiro atoms. The van der Waals surface area contributed by atoms with E-state index in [-0.39, 0.29) is 47.7 Å².